The summed E-state index contributed by atoms with van der Waals surface area (Å²) in [4.78, 5) is 29.1. The predicted octanol–water partition coefficient (Wildman–Crippen LogP) is 1.66. The minimum atomic E-state index is -0.220. The van der Waals surface area contributed by atoms with Gasteiger partial charge in [0.25, 0.3) is 0 Å². The molecule has 0 aromatic rings. The molecule has 128 valence electrons. The molecule has 0 saturated carbocycles. The van der Waals surface area contributed by atoms with Crippen molar-refractivity contribution in [2.75, 3.05) is 26.2 Å². The number of hydrogen-bond acceptors (Lipinski definition) is 3. The van der Waals surface area contributed by atoms with Crippen LogP contribution in [0.25, 0.3) is 0 Å². The SMILES string of the molecule is CCN(CC)C(=O)C1CCCN1C(=O)[C@H]1CCN[C@@H](C)C1.Cl. The predicted molar refractivity (Wildman–Crippen MR) is 90.1 cm³/mol. The summed E-state index contributed by atoms with van der Waals surface area (Å²) in [6.45, 7) is 9.21. The van der Waals surface area contributed by atoms with Crippen LogP contribution in [0.2, 0.25) is 0 Å². The summed E-state index contributed by atoms with van der Waals surface area (Å²) in [7, 11) is 0. The van der Waals surface area contributed by atoms with E-state index in [2.05, 4.69) is 12.2 Å². The first-order chi connectivity index (χ1) is 10.1. The molecule has 6 heteroatoms. The second-order valence-electron chi connectivity index (χ2n) is 6.28. The molecule has 1 unspecified atom stereocenters. The molecule has 5 nitrogen and oxygen atoms in total. The molecule has 0 aromatic carbocycles. The minimum Gasteiger partial charge on any atom is -0.341 e. The zero-order chi connectivity index (χ0) is 15.4. The number of nitrogens with one attached hydrogen (secondary N) is 1. The Morgan fingerprint density at radius 1 is 1.23 bits per heavy atom. The number of piperidine rings is 1. The zero-order valence-electron chi connectivity index (χ0n) is 14.0. The van der Waals surface area contributed by atoms with Crippen molar-refractivity contribution in [1.82, 2.24) is 15.1 Å². The summed E-state index contributed by atoms with van der Waals surface area (Å²) in [5.41, 5.74) is 0. The molecule has 0 aromatic heterocycles. The van der Waals surface area contributed by atoms with Gasteiger partial charge in [-0.05, 0) is 53.0 Å². The molecule has 0 spiro atoms. The maximum atomic E-state index is 12.8. The highest BCUT2D eigenvalue weighted by Crippen LogP contribution is 2.26. The quantitative estimate of drug-likeness (QED) is 0.852. The number of nitrogens with zero attached hydrogens (tertiary/aromatic N) is 2. The molecule has 3 atom stereocenters. The fourth-order valence-electron chi connectivity index (χ4n) is 3.62. The van der Waals surface area contributed by atoms with E-state index < -0.39 is 0 Å². The van der Waals surface area contributed by atoms with Crippen molar-refractivity contribution in [3.63, 3.8) is 0 Å². The van der Waals surface area contributed by atoms with Crippen LogP contribution in [0.4, 0.5) is 0 Å². The second kappa shape index (κ2) is 8.73. The minimum absolute atomic E-state index is 0. The summed E-state index contributed by atoms with van der Waals surface area (Å²) in [6.07, 6.45) is 3.55. The molecule has 1 N–H and O–H groups in total. The Morgan fingerprint density at radius 2 is 1.91 bits per heavy atom. The van der Waals surface area contributed by atoms with Crippen LogP contribution in [0.3, 0.4) is 0 Å². The van der Waals surface area contributed by atoms with Crippen molar-refractivity contribution in [2.24, 2.45) is 5.92 Å². The Labute approximate surface area is 140 Å². The van der Waals surface area contributed by atoms with Crippen molar-refractivity contribution in [3.8, 4) is 0 Å². The molecule has 2 fully saturated rings. The van der Waals surface area contributed by atoms with Crippen LogP contribution in [0, 0.1) is 5.92 Å². The molecule has 2 rings (SSSR count). The largest absolute Gasteiger partial charge is 0.341 e. The van der Waals surface area contributed by atoms with E-state index in [0.29, 0.717) is 6.04 Å². The van der Waals surface area contributed by atoms with E-state index in [4.69, 9.17) is 0 Å². The average Bonchev–Trinajstić information content (AvgIpc) is 2.97. The van der Waals surface area contributed by atoms with Crippen LogP contribution in [-0.2, 0) is 9.59 Å². The summed E-state index contributed by atoms with van der Waals surface area (Å²) in [6, 6.07) is 0.176. The smallest absolute Gasteiger partial charge is 0.245 e. The first-order valence-electron chi connectivity index (χ1n) is 8.41. The van der Waals surface area contributed by atoms with Gasteiger partial charge in [0.05, 0.1) is 0 Å². The normalized spacial score (nSPS) is 28.1. The monoisotopic (exact) mass is 331 g/mol. The van der Waals surface area contributed by atoms with Crippen LogP contribution in [0.15, 0.2) is 0 Å². The fourth-order valence-corrected chi connectivity index (χ4v) is 3.62. The Morgan fingerprint density at radius 3 is 2.50 bits per heavy atom. The van der Waals surface area contributed by atoms with Crippen LogP contribution in [0.1, 0.15) is 46.5 Å². The average molecular weight is 332 g/mol. The Balaban J connectivity index is 0.00000242. The topological polar surface area (TPSA) is 52.7 Å². The Bertz CT molecular complexity index is 388. The summed E-state index contributed by atoms with van der Waals surface area (Å²) in [5, 5.41) is 3.38. The third-order valence-electron chi connectivity index (χ3n) is 4.87. The fraction of sp³-hybridized carbons (Fsp3) is 0.875. The number of hydrogen-bond donors (Lipinski definition) is 1. The zero-order valence-corrected chi connectivity index (χ0v) is 14.8. The second-order valence-corrected chi connectivity index (χ2v) is 6.28. The van der Waals surface area contributed by atoms with Gasteiger partial charge in [0.1, 0.15) is 6.04 Å². The van der Waals surface area contributed by atoms with E-state index in [9.17, 15) is 9.59 Å². The van der Waals surface area contributed by atoms with Crippen molar-refractivity contribution in [2.45, 2.75) is 58.5 Å². The first-order valence-corrected chi connectivity index (χ1v) is 8.41. The van der Waals surface area contributed by atoms with Gasteiger partial charge in [-0.25, -0.2) is 0 Å². The highest BCUT2D eigenvalue weighted by Gasteiger charge is 2.39. The van der Waals surface area contributed by atoms with Gasteiger partial charge in [-0.3, -0.25) is 9.59 Å². The standard InChI is InChI=1S/C16H29N3O2.ClH/c1-4-18(5-2)16(21)14-7-6-10-19(14)15(20)13-8-9-17-12(3)11-13;/h12-14,17H,4-11H2,1-3H3;1H/t12-,13-,14?;/m0./s1. The highest BCUT2D eigenvalue weighted by atomic mass is 35.5. The third kappa shape index (κ3) is 4.13. The van der Waals surface area contributed by atoms with Gasteiger partial charge in [0.15, 0.2) is 0 Å². The van der Waals surface area contributed by atoms with Gasteiger partial charge in [-0.2, -0.15) is 0 Å². The van der Waals surface area contributed by atoms with Gasteiger partial charge in [0.2, 0.25) is 11.8 Å². The Kier molecular flexibility index (Phi) is 7.63. The molecule has 2 heterocycles. The molecule has 0 radical (unpaired) electrons. The van der Waals surface area contributed by atoms with Crippen molar-refractivity contribution in [1.29, 1.82) is 0 Å². The number of likely N-dealkylation sites (tertiary alicyclic amines) is 1. The Hall–Kier alpha value is -0.810. The van der Waals surface area contributed by atoms with E-state index in [-0.39, 0.29) is 36.2 Å². The molecule has 0 aliphatic carbocycles. The van der Waals surface area contributed by atoms with Gasteiger partial charge in [-0.1, -0.05) is 0 Å². The first kappa shape index (κ1) is 19.2. The number of carbonyl (C=O) groups is 2. The molecule has 22 heavy (non-hydrogen) atoms. The van der Waals surface area contributed by atoms with Crippen molar-refractivity contribution in [3.05, 3.63) is 0 Å². The number of carbonyl (C=O) groups excluding carboxylic acids is 2. The van der Waals surface area contributed by atoms with E-state index in [0.717, 1.165) is 51.9 Å². The number of halogens is 1. The molecule has 2 aliphatic heterocycles. The highest BCUT2D eigenvalue weighted by molar-refractivity contribution is 5.89. The maximum Gasteiger partial charge on any atom is 0.245 e. The van der Waals surface area contributed by atoms with Crippen molar-refractivity contribution < 1.29 is 9.59 Å². The molecular weight excluding hydrogens is 302 g/mol. The van der Waals surface area contributed by atoms with E-state index in [1.807, 2.05) is 23.6 Å². The van der Waals surface area contributed by atoms with Crippen LogP contribution in [0.5, 0.6) is 0 Å². The van der Waals surface area contributed by atoms with Gasteiger partial charge in [0, 0.05) is 31.6 Å². The van der Waals surface area contributed by atoms with Crippen LogP contribution >= 0.6 is 12.4 Å². The van der Waals surface area contributed by atoms with Gasteiger partial charge in [-0.15, -0.1) is 12.4 Å². The van der Waals surface area contributed by atoms with E-state index in [1.165, 1.54) is 0 Å². The van der Waals surface area contributed by atoms with Gasteiger partial charge < -0.3 is 15.1 Å². The molecular formula is C16H30ClN3O2. The number of rotatable bonds is 4. The van der Waals surface area contributed by atoms with Crippen LogP contribution in [-0.4, -0.2) is 59.9 Å². The maximum absolute atomic E-state index is 12.8. The molecule has 2 amide bonds. The summed E-state index contributed by atoms with van der Waals surface area (Å²) < 4.78 is 0. The lowest BCUT2D eigenvalue weighted by Crippen LogP contribution is -2.51. The van der Waals surface area contributed by atoms with Crippen molar-refractivity contribution >= 4 is 24.2 Å². The van der Waals surface area contributed by atoms with E-state index in [1.54, 1.807) is 0 Å². The molecule has 2 aliphatic rings. The lowest BCUT2D eigenvalue weighted by Gasteiger charge is -2.34. The molecule has 2 saturated heterocycles. The van der Waals surface area contributed by atoms with Crippen LogP contribution < -0.4 is 5.32 Å². The lowest BCUT2D eigenvalue weighted by atomic mass is 9.91. The molecule has 0 bridgehead atoms. The summed E-state index contributed by atoms with van der Waals surface area (Å²) >= 11 is 0. The third-order valence-corrected chi connectivity index (χ3v) is 4.87. The summed E-state index contributed by atoms with van der Waals surface area (Å²) in [5.74, 6) is 0.422. The number of likely N-dealkylation sites (N-methyl/N-ethyl adjacent to an activating group) is 1. The number of amides is 2. The lowest BCUT2D eigenvalue weighted by molar-refractivity contribution is -0.146. The van der Waals surface area contributed by atoms with Gasteiger partial charge >= 0.3 is 0 Å². The van der Waals surface area contributed by atoms with E-state index >= 15 is 0 Å².